The molecule has 0 unspecified atom stereocenters. The van der Waals surface area contributed by atoms with Crippen LogP contribution in [0.1, 0.15) is 0 Å². The molecule has 0 aliphatic carbocycles. The molecule has 1 aliphatic heterocycles. The molecule has 6 heteroatoms. The smallest absolute Gasteiger partial charge is 0.281 e. The van der Waals surface area contributed by atoms with Gasteiger partial charge >= 0.3 is 0 Å². The lowest BCUT2D eigenvalue weighted by atomic mass is 10.2. The van der Waals surface area contributed by atoms with Gasteiger partial charge in [-0.15, -0.1) is 0 Å². The van der Waals surface area contributed by atoms with Crippen LogP contribution in [-0.4, -0.2) is 27.0 Å². The van der Waals surface area contributed by atoms with E-state index in [1.54, 1.807) is 6.07 Å². The number of fused-ring (bicyclic) bond motifs is 3. The van der Waals surface area contributed by atoms with E-state index < -0.39 is 0 Å². The normalized spacial score (nSPS) is 17.0. The minimum absolute atomic E-state index is 0.0103. The second kappa shape index (κ2) is 4.67. The van der Waals surface area contributed by atoms with Crippen LogP contribution >= 0.6 is 34.4 Å². The Morgan fingerprint density at radius 3 is 3.06 bits per heavy atom. The monoisotopic (exact) mass is 372 g/mol. The second-order valence-corrected chi connectivity index (χ2v) is 6.10. The average Bonchev–Trinajstić information content (AvgIpc) is 2.82. The van der Waals surface area contributed by atoms with Gasteiger partial charge in [0.1, 0.15) is 0 Å². The fourth-order valence-electron chi connectivity index (χ4n) is 2.00. The summed E-state index contributed by atoms with van der Waals surface area (Å²) in [6.07, 6.45) is 0. The van der Waals surface area contributed by atoms with Crippen molar-refractivity contribution < 1.29 is 5.11 Å². The van der Waals surface area contributed by atoms with Gasteiger partial charge in [-0.05, 0) is 34.7 Å². The highest BCUT2D eigenvalue weighted by Gasteiger charge is 2.22. The summed E-state index contributed by atoms with van der Waals surface area (Å²) in [7, 11) is 0. The van der Waals surface area contributed by atoms with Gasteiger partial charge in [-0.25, -0.2) is 0 Å². The molecule has 4 nitrogen and oxygen atoms in total. The van der Waals surface area contributed by atoms with Crippen LogP contribution in [-0.2, 0) is 0 Å². The summed E-state index contributed by atoms with van der Waals surface area (Å²) >= 11 is 3.66. The quantitative estimate of drug-likeness (QED) is 0.616. The van der Waals surface area contributed by atoms with Gasteiger partial charge in [0.25, 0.3) is 5.56 Å². The van der Waals surface area contributed by atoms with E-state index >= 15 is 0 Å². The Labute approximate surface area is 121 Å². The van der Waals surface area contributed by atoms with Gasteiger partial charge < -0.3 is 5.11 Å². The fourth-order valence-corrected chi connectivity index (χ4v) is 3.74. The first-order chi connectivity index (χ1) is 8.72. The highest BCUT2D eigenvalue weighted by molar-refractivity contribution is 14.1. The summed E-state index contributed by atoms with van der Waals surface area (Å²) in [6.45, 7) is 0.0103. The summed E-state index contributed by atoms with van der Waals surface area (Å²) in [6, 6.07) is 7.43. The van der Waals surface area contributed by atoms with Crippen LogP contribution in [0.5, 0.6) is 0 Å². The highest BCUT2D eigenvalue weighted by atomic mass is 127. The Bertz CT molecular complexity index is 724. The van der Waals surface area contributed by atoms with Crippen molar-refractivity contribution in [3.63, 3.8) is 0 Å². The van der Waals surface area contributed by atoms with Crippen LogP contribution in [0.4, 0.5) is 0 Å². The zero-order valence-electron chi connectivity index (χ0n) is 9.26. The molecule has 0 spiro atoms. The van der Waals surface area contributed by atoms with Crippen molar-refractivity contribution in [2.24, 2.45) is 0 Å². The van der Waals surface area contributed by atoms with E-state index in [0.717, 1.165) is 20.5 Å². The Hall–Kier alpha value is -0.860. The molecule has 1 aliphatic rings. The number of halogens is 1. The third-order valence-electron chi connectivity index (χ3n) is 2.82. The molecular weight excluding hydrogens is 363 g/mol. The third kappa shape index (κ3) is 1.79. The Balaban J connectivity index is 2.44. The number of aliphatic hydroxyl groups is 1. The maximum Gasteiger partial charge on any atom is 0.281 e. The number of hydrogen-bond donors (Lipinski definition) is 1. The van der Waals surface area contributed by atoms with Crippen LogP contribution in [0.25, 0.3) is 16.6 Å². The molecule has 0 atom stereocenters. The lowest BCUT2D eigenvalue weighted by molar-refractivity contribution is 0.341. The molecule has 0 amide bonds. The molecule has 1 aromatic carbocycles. The van der Waals surface area contributed by atoms with E-state index in [4.69, 9.17) is 0 Å². The number of benzene rings is 1. The first kappa shape index (κ1) is 12.2. The lowest BCUT2D eigenvalue weighted by Crippen LogP contribution is -2.13. The van der Waals surface area contributed by atoms with Gasteiger partial charge in [0.05, 0.1) is 17.5 Å². The Morgan fingerprint density at radius 1 is 1.50 bits per heavy atom. The van der Waals surface area contributed by atoms with Crippen molar-refractivity contribution in [1.82, 2.24) is 9.55 Å². The van der Waals surface area contributed by atoms with E-state index in [9.17, 15) is 9.90 Å². The molecule has 2 aromatic rings. The maximum atomic E-state index is 11.9. The molecule has 18 heavy (non-hydrogen) atoms. The molecule has 1 aromatic heterocycles. The summed E-state index contributed by atoms with van der Waals surface area (Å²) in [5.41, 5.74) is 1.68. The number of rotatable bonds is 1. The maximum absolute atomic E-state index is 11.9. The zero-order chi connectivity index (χ0) is 12.7. The molecule has 2 heterocycles. The molecule has 0 bridgehead atoms. The predicted octanol–water partition coefficient (Wildman–Crippen LogP) is 2.10. The molecule has 0 saturated carbocycles. The van der Waals surface area contributed by atoms with Crippen LogP contribution < -0.4 is 5.56 Å². The van der Waals surface area contributed by atoms with E-state index in [1.165, 1.54) is 11.8 Å². The van der Waals surface area contributed by atoms with Crippen LogP contribution in [0, 0.1) is 0 Å². The number of thioether (sulfide) groups is 1. The van der Waals surface area contributed by atoms with Crippen molar-refractivity contribution in [2.75, 3.05) is 12.4 Å². The summed E-state index contributed by atoms with van der Waals surface area (Å²) in [4.78, 5) is 16.0. The lowest BCUT2D eigenvalue weighted by Gasteiger charge is -2.10. The standard InChI is InChI=1S/C12H9IN2O2S/c13-8(5-16)10-6-18-12-14-11(17)7-3-1-2-4-9(7)15(10)12/h1-4,16H,5-6H2/b10-8+. The summed E-state index contributed by atoms with van der Waals surface area (Å²) in [5, 5.41) is 10.6. The van der Waals surface area contributed by atoms with Gasteiger partial charge in [-0.3, -0.25) is 9.36 Å². The van der Waals surface area contributed by atoms with Gasteiger partial charge in [-0.2, -0.15) is 4.98 Å². The van der Waals surface area contributed by atoms with Crippen LogP contribution in [0.3, 0.4) is 0 Å². The Morgan fingerprint density at radius 2 is 2.28 bits per heavy atom. The molecule has 0 radical (unpaired) electrons. The molecule has 1 N–H and O–H groups in total. The molecule has 0 saturated heterocycles. The summed E-state index contributed by atoms with van der Waals surface area (Å²) in [5.74, 6) is 0.735. The molecule has 92 valence electrons. The van der Waals surface area contributed by atoms with E-state index in [0.29, 0.717) is 10.5 Å². The van der Waals surface area contributed by atoms with Gasteiger partial charge in [0.15, 0.2) is 5.16 Å². The predicted molar refractivity (Wildman–Crippen MR) is 81.0 cm³/mol. The molecular formula is C12H9IN2O2S. The minimum Gasteiger partial charge on any atom is -0.391 e. The molecule has 3 rings (SSSR count). The van der Waals surface area contributed by atoms with Crippen molar-refractivity contribution >= 4 is 51.0 Å². The van der Waals surface area contributed by atoms with Crippen molar-refractivity contribution in [3.8, 4) is 0 Å². The van der Waals surface area contributed by atoms with Crippen molar-refractivity contribution in [2.45, 2.75) is 5.16 Å². The number of para-hydroxylation sites is 1. The average molecular weight is 372 g/mol. The highest BCUT2D eigenvalue weighted by Crippen LogP contribution is 2.36. The number of nitrogens with zero attached hydrogens (tertiary/aromatic N) is 2. The first-order valence-electron chi connectivity index (χ1n) is 5.35. The third-order valence-corrected chi connectivity index (χ3v) is 4.74. The van der Waals surface area contributed by atoms with Crippen LogP contribution in [0.2, 0.25) is 0 Å². The van der Waals surface area contributed by atoms with Gasteiger partial charge in [-0.1, -0.05) is 23.9 Å². The first-order valence-corrected chi connectivity index (χ1v) is 7.42. The Kier molecular flexibility index (Phi) is 3.16. The van der Waals surface area contributed by atoms with E-state index in [2.05, 4.69) is 27.6 Å². The van der Waals surface area contributed by atoms with Crippen LogP contribution in [0.15, 0.2) is 37.8 Å². The number of aromatic nitrogens is 2. The largest absolute Gasteiger partial charge is 0.391 e. The second-order valence-electron chi connectivity index (χ2n) is 3.85. The fraction of sp³-hybridized carbons (Fsp3) is 0.167. The summed E-state index contributed by atoms with van der Waals surface area (Å²) < 4.78 is 2.86. The van der Waals surface area contributed by atoms with Gasteiger partial charge in [0.2, 0.25) is 0 Å². The van der Waals surface area contributed by atoms with E-state index in [-0.39, 0.29) is 12.2 Å². The SMILES string of the molecule is O=c1nc2n(c3ccccc13)/C(=C(/I)CO)CS2. The topological polar surface area (TPSA) is 55.1 Å². The minimum atomic E-state index is -0.190. The van der Waals surface area contributed by atoms with E-state index in [1.807, 2.05) is 22.8 Å². The van der Waals surface area contributed by atoms with Gasteiger partial charge in [0, 0.05) is 15.0 Å². The van der Waals surface area contributed by atoms with Crippen molar-refractivity contribution in [3.05, 3.63) is 38.2 Å². The number of aliphatic hydroxyl groups excluding tert-OH is 1. The zero-order valence-corrected chi connectivity index (χ0v) is 12.2. The molecule has 0 fully saturated rings. The number of hydrogen-bond acceptors (Lipinski definition) is 4. The van der Waals surface area contributed by atoms with Crippen molar-refractivity contribution in [1.29, 1.82) is 0 Å².